The van der Waals surface area contributed by atoms with E-state index in [2.05, 4.69) is 35.2 Å². The molecule has 0 aliphatic carbocycles. The molecule has 0 aromatic heterocycles. The molecule has 2 nitrogen and oxygen atoms in total. The van der Waals surface area contributed by atoms with E-state index in [1.807, 2.05) is 12.1 Å². The lowest BCUT2D eigenvalue weighted by Gasteiger charge is -2.26. The molecule has 0 radical (unpaired) electrons. The number of fused-ring (bicyclic) bond motifs is 2. The van der Waals surface area contributed by atoms with Crippen LogP contribution in [0.5, 0.6) is 0 Å². The first-order chi connectivity index (χ1) is 10.3. The van der Waals surface area contributed by atoms with Crippen LogP contribution in [-0.4, -0.2) is 18.7 Å². The summed E-state index contributed by atoms with van der Waals surface area (Å²) in [6.45, 7) is 0.897. The fourth-order valence-corrected chi connectivity index (χ4v) is 3.11. The van der Waals surface area contributed by atoms with E-state index in [0.717, 1.165) is 37.7 Å². The van der Waals surface area contributed by atoms with Crippen molar-refractivity contribution in [2.75, 3.05) is 17.3 Å². The maximum Gasteiger partial charge on any atom is 0.150 e. The van der Waals surface area contributed by atoms with Crippen LogP contribution < -0.4 is 4.90 Å². The largest absolute Gasteiger partial charge is 0.341 e. The second-order valence-electron chi connectivity index (χ2n) is 5.33. The normalized spacial score (nSPS) is 13.3. The molecule has 3 heteroatoms. The van der Waals surface area contributed by atoms with E-state index in [1.54, 1.807) is 0 Å². The number of carbonyl (C=O) groups is 1. The molecule has 0 unspecified atom stereocenters. The fraction of sp³-hybridized carbons (Fsp3) is 0.278. The summed E-state index contributed by atoms with van der Waals surface area (Å²) in [6, 6.07) is 14.5. The fourth-order valence-electron chi connectivity index (χ4n) is 2.99. The predicted octanol–water partition coefficient (Wildman–Crippen LogP) is 4.36. The number of aryl methyl sites for hydroxylation is 2. The number of hydrogen-bond donors (Lipinski definition) is 0. The topological polar surface area (TPSA) is 20.3 Å². The minimum absolute atomic E-state index is 0.653. The molecule has 3 rings (SSSR count). The zero-order valence-electron chi connectivity index (χ0n) is 11.9. The van der Waals surface area contributed by atoms with Gasteiger partial charge in [0.2, 0.25) is 0 Å². The van der Waals surface area contributed by atoms with Gasteiger partial charge < -0.3 is 4.90 Å². The highest BCUT2D eigenvalue weighted by molar-refractivity contribution is 6.17. The molecule has 1 heterocycles. The summed E-state index contributed by atoms with van der Waals surface area (Å²) in [7, 11) is 0. The van der Waals surface area contributed by atoms with Crippen LogP contribution in [0.3, 0.4) is 0 Å². The van der Waals surface area contributed by atoms with Crippen molar-refractivity contribution in [2.45, 2.75) is 19.3 Å². The minimum Gasteiger partial charge on any atom is -0.341 e. The lowest BCUT2D eigenvalue weighted by molar-refractivity contribution is 0.112. The third-order valence-electron chi connectivity index (χ3n) is 3.99. The van der Waals surface area contributed by atoms with Gasteiger partial charge in [0, 0.05) is 29.4 Å². The van der Waals surface area contributed by atoms with Crippen LogP contribution in [0.15, 0.2) is 42.5 Å². The smallest absolute Gasteiger partial charge is 0.150 e. The number of anilines is 2. The average Bonchev–Trinajstić information content (AvgIpc) is 2.69. The van der Waals surface area contributed by atoms with Gasteiger partial charge in [0.15, 0.2) is 0 Å². The lowest BCUT2D eigenvalue weighted by Crippen LogP contribution is -2.20. The average molecular weight is 300 g/mol. The Morgan fingerprint density at radius 2 is 1.81 bits per heavy atom. The Kier molecular flexibility index (Phi) is 4.26. The van der Waals surface area contributed by atoms with E-state index in [-0.39, 0.29) is 0 Å². The zero-order chi connectivity index (χ0) is 14.7. The Labute approximate surface area is 130 Å². The third kappa shape index (κ3) is 2.81. The molecule has 0 amide bonds. The number of halogens is 1. The first-order valence-corrected chi connectivity index (χ1v) is 7.86. The molecule has 1 aliphatic rings. The molecular weight excluding hydrogens is 282 g/mol. The first kappa shape index (κ1) is 14.2. The van der Waals surface area contributed by atoms with Crippen molar-refractivity contribution in [3.63, 3.8) is 0 Å². The molecule has 0 N–H and O–H groups in total. The second kappa shape index (κ2) is 6.31. The van der Waals surface area contributed by atoms with Crippen molar-refractivity contribution in [1.82, 2.24) is 0 Å². The Balaban J connectivity index is 2.09. The van der Waals surface area contributed by atoms with E-state index in [1.165, 1.54) is 22.5 Å². The van der Waals surface area contributed by atoms with Crippen molar-refractivity contribution >= 4 is 29.3 Å². The SMILES string of the molecule is O=Cc1ccc2c(c1)CCc1ccccc1N2CCCCl. The molecule has 0 saturated carbocycles. The summed E-state index contributed by atoms with van der Waals surface area (Å²) in [5.74, 6) is 0.653. The number of hydrogen-bond acceptors (Lipinski definition) is 2. The van der Waals surface area contributed by atoms with E-state index in [0.29, 0.717) is 5.88 Å². The maximum absolute atomic E-state index is 11.0. The van der Waals surface area contributed by atoms with Crippen LogP contribution in [0.1, 0.15) is 27.9 Å². The van der Waals surface area contributed by atoms with Crippen LogP contribution >= 0.6 is 11.6 Å². The molecule has 0 fully saturated rings. The van der Waals surface area contributed by atoms with Gasteiger partial charge >= 0.3 is 0 Å². The summed E-state index contributed by atoms with van der Waals surface area (Å²) in [5, 5.41) is 0. The highest BCUT2D eigenvalue weighted by Crippen LogP contribution is 2.36. The lowest BCUT2D eigenvalue weighted by atomic mass is 10.0. The summed E-state index contributed by atoms with van der Waals surface area (Å²) in [5.41, 5.74) is 5.81. The standard InChI is InChI=1S/C18H18ClNO/c19-10-3-11-20-17-5-2-1-4-15(17)7-8-16-12-14(13-21)6-9-18(16)20/h1-2,4-6,9,12-13H,3,7-8,10-11H2. The molecule has 1 aliphatic heterocycles. The maximum atomic E-state index is 11.0. The molecule has 2 aromatic rings. The molecule has 2 aromatic carbocycles. The molecular formula is C18H18ClNO. The Hall–Kier alpha value is -1.80. The van der Waals surface area contributed by atoms with Gasteiger partial charge in [0.1, 0.15) is 6.29 Å². The Bertz CT molecular complexity index is 653. The van der Waals surface area contributed by atoms with Crippen LogP contribution in [0, 0.1) is 0 Å². The summed E-state index contributed by atoms with van der Waals surface area (Å²) < 4.78 is 0. The van der Waals surface area contributed by atoms with Crippen molar-refractivity contribution in [1.29, 1.82) is 0 Å². The molecule has 108 valence electrons. The van der Waals surface area contributed by atoms with Gasteiger partial charge in [0.05, 0.1) is 0 Å². The number of alkyl halides is 1. The number of aldehydes is 1. The number of para-hydroxylation sites is 1. The third-order valence-corrected chi connectivity index (χ3v) is 4.26. The van der Waals surface area contributed by atoms with Gasteiger partial charge in [-0.25, -0.2) is 0 Å². The molecule has 21 heavy (non-hydrogen) atoms. The van der Waals surface area contributed by atoms with E-state index < -0.39 is 0 Å². The monoisotopic (exact) mass is 299 g/mol. The van der Waals surface area contributed by atoms with Crippen LogP contribution in [0.25, 0.3) is 0 Å². The van der Waals surface area contributed by atoms with Crippen LogP contribution in [0.2, 0.25) is 0 Å². The van der Waals surface area contributed by atoms with Gasteiger partial charge in [-0.1, -0.05) is 18.2 Å². The summed E-state index contributed by atoms with van der Waals surface area (Å²) in [4.78, 5) is 13.4. The Morgan fingerprint density at radius 1 is 1.05 bits per heavy atom. The van der Waals surface area contributed by atoms with Gasteiger partial charge in [-0.15, -0.1) is 11.6 Å². The van der Waals surface area contributed by atoms with Crippen molar-refractivity contribution < 1.29 is 4.79 Å². The first-order valence-electron chi connectivity index (χ1n) is 7.33. The van der Waals surface area contributed by atoms with Crippen molar-refractivity contribution in [3.8, 4) is 0 Å². The van der Waals surface area contributed by atoms with Gasteiger partial charge in [0.25, 0.3) is 0 Å². The predicted molar refractivity (Wildman–Crippen MR) is 88.0 cm³/mol. The van der Waals surface area contributed by atoms with Gasteiger partial charge in [-0.2, -0.15) is 0 Å². The van der Waals surface area contributed by atoms with Crippen LogP contribution in [0.4, 0.5) is 11.4 Å². The molecule has 0 spiro atoms. The van der Waals surface area contributed by atoms with E-state index in [9.17, 15) is 4.79 Å². The van der Waals surface area contributed by atoms with E-state index in [4.69, 9.17) is 11.6 Å². The van der Waals surface area contributed by atoms with Crippen molar-refractivity contribution in [2.24, 2.45) is 0 Å². The highest BCUT2D eigenvalue weighted by Gasteiger charge is 2.20. The highest BCUT2D eigenvalue weighted by atomic mass is 35.5. The number of rotatable bonds is 4. The Morgan fingerprint density at radius 3 is 2.62 bits per heavy atom. The molecule has 0 bridgehead atoms. The zero-order valence-corrected chi connectivity index (χ0v) is 12.6. The number of nitrogens with zero attached hydrogens (tertiary/aromatic N) is 1. The number of carbonyl (C=O) groups excluding carboxylic acids is 1. The van der Waals surface area contributed by atoms with Crippen LogP contribution in [-0.2, 0) is 12.8 Å². The van der Waals surface area contributed by atoms with E-state index >= 15 is 0 Å². The quantitative estimate of drug-likeness (QED) is 0.617. The molecule has 0 atom stereocenters. The summed E-state index contributed by atoms with van der Waals surface area (Å²) >= 11 is 5.89. The van der Waals surface area contributed by atoms with Gasteiger partial charge in [-0.05, 0) is 54.7 Å². The van der Waals surface area contributed by atoms with Gasteiger partial charge in [-0.3, -0.25) is 4.79 Å². The van der Waals surface area contributed by atoms with Crippen molar-refractivity contribution in [3.05, 3.63) is 59.2 Å². The summed E-state index contributed by atoms with van der Waals surface area (Å²) in [6.07, 6.45) is 3.82. The minimum atomic E-state index is 0.653. The molecule has 0 saturated heterocycles. The second-order valence-corrected chi connectivity index (χ2v) is 5.71. The number of benzene rings is 2.